The van der Waals surface area contributed by atoms with Crippen LogP contribution in [0.5, 0.6) is 0 Å². The molecule has 1 saturated carbocycles. The summed E-state index contributed by atoms with van der Waals surface area (Å²) in [4.78, 5) is 22.4. The lowest BCUT2D eigenvalue weighted by atomic mass is 9.85. The molecule has 0 aliphatic heterocycles. The first-order valence-electron chi connectivity index (χ1n) is 5.93. The maximum Gasteiger partial charge on any atom is 0.234 e. The Morgan fingerprint density at radius 1 is 1.25 bits per heavy atom. The van der Waals surface area contributed by atoms with E-state index in [9.17, 15) is 9.59 Å². The predicted octanol–water partition coefficient (Wildman–Crippen LogP) is -0.244. The van der Waals surface area contributed by atoms with E-state index in [0.29, 0.717) is 6.54 Å². The van der Waals surface area contributed by atoms with Gasteiger partial charge in [-0.3, -0.25) is 9.59 Å². The lowest BCUT2D eigenvalue weighted by Gasteiger charge is -2.27. The molecule has 0 aromatic rings. The molecule has 1 aliphatic carbocycles. The zero-order valence-electron chi connectivity index (χ0n) is 9.79. The van der Waals surface area contributed by atoms with Crippen LogP contribution in [0.3, 0.4) is 0 Å². The van der Waals surface area contributed by atoms with Crippen LogP contribution in [0.4, 0.5) is 0 Å². The minimum absolute atomic E-state index is 0.00178. The van der Waals surface area contributed by atoms with Crippen molar-refractivity contribution in [2.45, 2.75) is 38.6 Å². The maximum atomic E-state index is 11.4. The third kappa shape index (κ3) is 4.18. The maximum absolute atomic E-state index is 11.4. The first kappa shape index (κ1) is 13.0. The van der Waals surface area contributed by atoms with Crippen LogP contribution < -0.4 is 16.4 Å². The van der Waals surface area contributed by atoms with Crippen LogP contribution in [0, 0.1) is 5.92 Å². The minimum atomic E-state index is -0.211. The van der Waals surface area contributed by atoms with Gasteiger partial charge in [-0.1, -0.05) is 6.92 Å². The van der Waals surface area contributed by atoms with E-state index < -0.39 is 0 Å². The predicted molar refractivity (Wildman–Crippen MR) is 61.6 cm³/mol. The summed E-state index contributed by atoms with van der Waals surface area (Å²) in [7, 11) is 0. The number of nitrogens with two attached hydrogens (primary N) is 1. The Labute approximate surface area is 96.1 Å². The van der Waals surface area contributed by atoms with Crippen LogP contribution in [0.15, 0.2) is 0 Å². The number of rotatable bonds is 5. The van der Waals surface area contributed by atoms with Crippen molar-refractivity contribution >= 4 is 11.8 Å². The highest BCUT2D eigenvalue weighted by atomic mass is 16.2. The van der Waals surface area contributed by atoms with Crippen molar-refractivity contribution < 1.29 is 9.59 Å². The molecule has 0 radical (unpaired) electrons. The topological polar surface area (TPSA) is 84.2 Å². The Bertz CT molecular complexity index is 248. The van der Waals surface area contributed by atoms with Gasteiger partial charge >= 0.3 is 0 Å². The Hall–Kier alpha value is -1.10. The summed E-state index contributed by atoms with van der Waals surface area (Å²) in [6, 6.07) is 0.210. The third-order valence-electron chi connectivity index (χ3n) is 3.03. The lowest BCUT2D eigenvalue weighted by Crippen LogP contribution is -2.43. The second-order valence-electron chi connectivity index (χ2n) is 4.30. The van der Waals surface area contributed by atoms with Gasteiger partial charge in [0.15, 0.2) is 0 Å². The number of carbonyl (C=O) groups is 2. The number of amides is 2. The SMILES string of the molecule is CCNCC(=O)NC1CCC(C(N)=O)CC1. The highest BCUT2D eigenvalue weighted by molar-refractivity contribution is 5.78. The normalized spacial score (nSPS) is 25.1. The zero-order valence-corrected chi connectivity index (χ0v) is 9.79. The van der Waals surface area contributed by atoms with E-state index in [2.05, 4.69) is 10.6 Å². The molecule has 0 saturated heterocycles. The number of likely N-dealkylation sites (N-methyl/N-ethyl adjacent to an activating group) is 1. The van der Waals surface area contributed by atoms with E-state index in [-0.39, 0.29) is 23.8 Å². The van der Waals surface area contributed by atoms with E-state index in [1.54, 1.807) is 0 Å². The Morgan fingerprint density at radius 2 is 1.88 bits per heavy atom. The molecule has 1 aliphatic rings. The second kappa shape index (κ2) is 6.48. The van der Waals surface area contributed by atoms with Gasteiger partial charge in [0, 0.05) is 12.0 Å². The van der Waals surface area contributed by atoms with Gasteiger partial charge in [-0.25, -0.2) is 0 Å². The van der Waals surface area contributed by atoms with Crippen LogP contribution in [0.2, 0.25) is 0 Å². The molecule has 5 nitrogen and oxygen atoms in total. The molecule has 0 aromatic heterocycles. The Balaban J connectivity index is 2.21. The summed E-state index contributed by atoms with van der Waals surface area (Å²) in [5.41, 5.74) is 5.24. The number of primary amides is 1. The molecule has 4 N–H and O–H groups in total. The molecule has 1 rings (SSSR count). The monoisotopic (exact) mass is 227 g/mol. The summed E-state index contributed by atoms with van der Waals surface area (Å²) < 4.78 is 0. The van der Waals surface area contributed by atoms with Crippen LogP contribution in [0.25, 0.3) is 0 Å². The summed E-state index contributed by atoms with van der Waals surface area (Å²) in [5.74, 6) is -0.177. The van der Waals surface area contributed by atoms with Crippen LogP contribution >= 0.6 is 0 Å². The number of hydrogen-bond acceptors (Lipinski definition) is 3. The van der Waals surface area contributed by atoms with Crippen molar-refractivity contribution in [1.29, 1.82) is 0 Å². The van der Waals surface area contributed by atoms with Crippen molar-refractivity contribution in [3.63, 3.8) is 0 Å². The molecule has 0 atom stereocenters. The van der Waals surface area contributed by atoms with Crippen molar-refractivity contribution in [2.75, 3.05) is 13.1 Å². The van der Waals surface area contributed by atoms with Gasteiger partial charge < -0.3 is 16.4 Å². The molecule has 0 bridgehead atoms. The Kier molecular flexibility index (Phi) is 5.25. The van der Waals surface area contributed by atoms with Crippen LogP contribution in [0.1, 0.15) is 32.6 Å². The van der Waals surface area contributed by atoms with Crippen molar-refractivity contribution in [3.05, 3.63) is 0 Å². The zero-order chi connectivity index (χ0) is 12.0. The fourth-order valence-corrected chi connectivity index (χ4v) is 2.04. The van der Waals surface area contributed by atoms with Crippen LogP contribution in [-0.4, -0.2) is 30.9 Å². The quantitative estimate of drug-likeness (QED) is 0.606. The van der Waals surface area contributed by atoms with Crippen LogP contribution in [-0.2, 0) is 9.59 Å². The minimum Gasteiger partial charge on any atom is -0.369 e. The molecule has 0 spiro atoms. The molecule has 0 heterocycles. The molecule has 16 heavy (non-hydrogen) atoms. The summed E-state index contributed by atoms with van der Waals surface area (Å²) in [5, 5.41) is 5.94. The second-order valence-corrected chi connectivity index (χ2v) is 4.30. The fraction of sp³-hybridized carbons (Fsp3) is 0.818. The number of carbonyl (C=O) groups excluding carboxylic acids is 2. The third-order valence-corrected chi connectivity index (χ3v) is 3.03. The van der Waals surface area contributed by atoms with Gasteiger partial charge in [-0.15, -0.1) is 0 Å². The molecule has 1 fully saturated rings. The van der Waals surface area contributed by atoms with E-state index in [1.165, 1.54) is 0 Å². The van der Waals surface area contributed by atoms with Gasteiger partial charge in [0.2, 0.25) is 11.8 Å². The number of hydrogen-bond donors (Lipinski definition) is 3. The van der Waals surface area contributed by atoms with Crippen molar-refractivity contribution in [1.82, 2.24) is 10.6 Å². The van der Waals surface area contributed by atoms with Crippen molar-refractivity contribution in [3.8, 4) is 0 Å². The summed E-state index contributed by atoms with van der Waals surface area (Å²) in [6.45, 7) is 3.12. The standard InChI is InChI=1S/C11H21N3O2/c1-2-13-7-10(15)14-9-5-3-8(4-6-9)11(12)16/h8-9,13H,2-7H2,1H3,(H2,12,16)(H,14,15). The fourth-order valence-electron chi connectivity index (χ4n) is 2.04. The molecule has 0 aromatic carbocycles. The average molecular weight is 227 g/mol. The molecule has 0 unspecified atom stereocenters. The van der Waals surface area contributed by atoms with Gasteiger partial charge in [0.1, 0.15) is 0 Å². The average Bonchev–Trinajstić information content (AvgIpc) is 2.27. The molecule has 92 valence electrons. The Morgan fingerprint density at radius 3 is 2.38 bits per heavy atom. The molecule has 5 heteroatoms. The van der Waals surface area contributed by atoms with E-state index in [1.807, 2.05) is 6.92 Å². The van der Waals surface area contributed by atoms with E-state index in [4.69, 9.17) is 5.73 Å². The molecule has 2 amide bonds. The highest BCUT2D eigenvalue weighted by Crippen LogP contribution is 2.23. The largest absolute Gasteiger partial charge is 0.369 e. The van der Waals surface area contributed by atoms with Gasteiger partial charge in [-0.2, -0.15) is 0 Å². The van der Waals surface area contributed by atoms with E-state index >= 15 is 0 Å². The van der Waals surface area contributed by atoms with Gasteiger partial charge in [-0.05, 0) is 32.2 Å². The van der Waals surface area contributed by atoms with Gasteiger partial charge in [0.25, 0.3) is 0 Å². The summed E-state index contributed by atoms with van der Waals surface area (Å²) >= 11 is 0. The lowest BCUT2D eigenvalue weighted by molar-refractivity contribution is -0.123. The van der Waals surface area contributed by atoms with Gasteiger partial charge in [0.05, 0.1) is 6.54 Å². The first-order valence-corrected chi connectivity index (χ1v) is 5.93. The smallest absolute Gasteiger partial charge is 0.234 e. The number of nitrogens with one attached hydrogen (secondary N) is 2. The first-order chi connectivity index (χ1) is 7.63. The highest BCUT2D eigenvalue weighted by Gasteiger charge is 2.25. The molecular weight excluding hydrogens is 206 g/mol. The molecular formula is C11H21N3O2. The summed E-state index contributed by atoms with van der Waals surface area (Å²) in [6.07, 6.45) is 3.29. The van der Waals surface area contributed by atoms with E-state index in [0.717, 1.165) is 32.2 Å². The van der Waals surface area contributed by atoms with Crippen molar-refractivity contribution in [2.24, 2.45) is 11.7 Å².